The molecule has 0 bridgehead atoms. The van der Waals surface area contributed by atoms with Crippen molar-refractivity contribution < 1.29 is 22.6 Å². The summed E-state index contributed by atoms with van der Waals surface area (Å²) in [6.07, 6.45) is 2.07. The van der Waals surface area contributed by atoms with Crippen LogP contribution >= 0.6 is 0 Å². The van der Waals surface area contributed by atoms with Crippen LogP contribution in [0, 0.1) is 0 Å². The number of nitrogens with zero attached hydrogens (tertiary/aromatic N) is 1. The van der Waals surface area contributed by atoms with Gasteiger partial charge in [-0.3, -0.25) is 4.98 Å². The Kier molecular flexibility index (Phi) is 5.49. The molecule has 1 aliphatic carbocycles. The zero-order valence-electron chi connectivity index (χ0n) is 14.5. The van der Waals surface area contributed by atoms with Gasteiger partial charge in [-0.1, -0.05) is 18.2 Å². The van der Waals surface area contributed by atoms with Gasteiger partial charge in [-0.05, 0) is 55.0 Å². The van der Waals surface area contributed by atoms with Crippen LogP contribution in [-0.4, -0.2) is 12.1 Å². The maximum absolute atomic E-state index is 13.5. The second kappa shape index (κ2) is 7.81. The van der Waals surface area contributed by atoms with E-state index in [9.17, 15) is 13.2 Å². The molecule has 1 aromatic carbocycles. The number of ether oxygens (including phenoxy) is 2. The monoisotopic (exact) mass is 363 g/mol. The molecule has 3 rings (SSSR count). The van der Waals surface area contributed by atoms with Gasteiger partial charge in [-0.2, -0.15) is 13.2 Å². The van der Waals surface area contributed by atoms with Crippen LogP contribution < -0.4 is 9.47 Å². The fourth-order valence-corrected chi connectivity index (χ4v) is 2.94. The van der Waals surface area contributed by atoms with Crippen LogP contribution in [0.3, 0.4) is 0 Å². The summed E-state index contributed by atoms with van der Waals surface area (Å²) in [7, 11) is 1.57. The summed E-state index contributed by atoms with van der Waals surface area (Å²) in [6.45, 7) is 0.158. The van der Waals surface area contributed by atoms with Crippen LogP contribution in [0.15, 0.2) is 42.6 Å². The maximum atomic E-state index is 13.5. The zero-order valence-corrected chi connectivity index (χ0v) is 14.5. The van der Waals surface area contributed by atoms with E-state index in [1.165, 1.54) is 6.20 Å². The molecular formula is C20H20F3NO2. The van der Waals surface area contributed by atoms with Crippen LogP contribution in [0.25, 0.3) is 5.57 Å². The Morgan fingerprint density at radius 3 is 2.46 bits per heavy atom. The standard InChI is InChI=1S/C20H20F3NO2/c1-25-16-9-7-14(8-10-16)13-26-17-11-18(20(21,22)23)19(24-12-17)15-5-3-2-4-6-15/h5,7-12H,2-4,6,13H2,1H3. The summed E-state index contributed by atoms with van der Waals surface area (Å²) in [5.41, 5.74) is 0.788. The number of hydrogen-bond acceptors (Lipinski definition) is 3. The first-order valence-electron chi connectivity index (χ1n) is 8.50. The smallest absolute Gasteiger partial charge is 0.418 e. The Labute approximate surface area is 150 Å². The van der Waals surface area contributed by atoms with Crippen molar-refractivity contribution in [2.45, 2.75) is 38.5 Å². The second-order valence-electron chi connectivity index (χ2n) is 6.18. The molecule has 0 atom stereocenters. The van der Waals surface area contributed by atoms with E-state index >= 15 is 0 Å². The Morgan fingerprint density at radius 2 is 1.85 bits per heavy atom. The lowest BCUT2D eigenvalue weighted by atomic mass is 9.94. The lowest BCUT2D eigenvalue weighted by Gasteiger charge is -2.18. The number of hydrogen-bond donors (Lipinski definition) is 0. The van der Waals surface area contributed by atoms with Crippen molar-refractivity contribution in [2.24, 2.45) is 0 Å². The predicted octanol–water partition coefficient (Wildman–Crippen LogP) is 5.65. The van der Waals surface area contributed by atoms with Crippen molar-refractivity contribution >= 4 is 5.57 Å². The largest absolute Gasteiger partial charge is 0.497 e. The molecular weight excluding hydrogens is 343 g/mol. The minimum atomic E-state index is -4.47. The molecule has 138 valence electrons. The summed E-state index contributed by atoms with van der Waals surface area (Å²) >= 11 is 0. The van der Waals surface area contributed by atoms with Gasteiger partial charge >= 0.3 is 6.18 Å². The van der Waals surface area contributed by atoms with E-state index < -0.39 is 11.7 Å². The molecule has 2 aromatic rings. The van der Waals surface area contributed by atoms with Crippen LogP contribution in [0.2, 0.25) is 0 Å². The molecule has 0 aliphatic heterocycles. The van der Waals surface area contributed by atoms with Gasteiger partial charge in [0, 0.05) is 0 Å². The van der Waals surface area contributed by atoms with E-state index in [0.29, 0.717) is 17.7 Å². The minimum absolute atomic E-state index is 0.0222. The highest BCUT2D eigenvalue weighted by molar-refractivity contribution is 5.66. The van der Waals surface area contributed by atoms with E-state index in [2.05, 4.69) is 4.98 Å². The molecule has 6 heteroatoms. The number of aromatic nitrogens is 1. The number of benzene rings is 1. The molecule has 0 fully saturated rings. The molecule has 1 heterocycles. The number of rotatable bonds is 5. The van der Waals surface area contributed by atoms with Crippen molar-refractivity contribution in [2.75, 3.05) is 7.11 Å². The number of allylic oxidation sites excluding steroid dienone is 2. The minimum Gasteiger partial charge on any atom is -0.497 e. The molecule has 1 aromatic heterocycles. The van der Waals surface area contributed by atoms with E-state index in [0.717, 1.165) is 30.9 Å². The SMILES string of the molecule is COc1ccc(COc2cnc(C3=CCCCC3)c(C(F)(F)F)c2)cc1. The number of alkyl halides is 3. The third-order valence-electron chi connectivity index (χ3n) is 4.33. The second-order valence-corrected chi connectivity index (χ2v) is 6.18. The molecule has 0 saturated heterocycles. The van der Waals surface area contributed by atoms with Crippen LogP contribution in [0.1, 0.15) is 42.5 Å². The normalized spacial score (nSPS) is 14.7. The summed E-state index contributed by atoms with van der Waals surface area (Å²) in [5.74, 6) is 0.813. The highest BCUT2D eigenvalue weighted by Crippen LogP contribution is 2.38. The van der Waals surface area contributed by atoms with E-state index in [1.54, 1.807) is 31.4 Å². The molecule has 0 saturated carbocycles. The first-order valence-corrected chi connectivity index (χ1v) is 8.50. The van der Waals surface area contributed by atoms with Gasteiger partial charge in [-0.15, -0.1) is 0 Å². The van der Waals surface area contributed by atoms with E-state index in [4.69, 9.17) is 9.47 Å². The third kappa shape index (κ3) is 4.36. The van der Waals surface area contributed by atoms with Gasteiger partial charge in [-0.25, -0.2) is 0 Å². The van der Waals surface area contributed by atoms with Gasteiger partial charge in [0.2, 0.25) is 0 Å². The van der Waals surface area contributed by atoms with Gasteiger partial charge in [0.25, 0.3) is 0 Å². The zero-order chi connectivity index (χ0) is 18.6. The fourth-order valence-electron chi connectivity index (χ4n) is 2.94. The lowest BCUT2D eigenvalue weighted by molar-refractivity contribution is -0.138. The summed E-state index contributed by atoms with van der Waals surface area (Å²) in [4.78, 5) is 4.08. The van der Waals surface area contributed by atoms with Crippen molar-refractivity contribution in [3.8, 4) is 11.5 Å². The first kappa shape index (κ1) is 18.3. The maximum Gasteiger partial charge on any atom is 0.418 e. The highest BCUT2D eigenvalue weighted by Gasteiger charge is 2.35. The quantitative estimate of drug-likeness (QED) is 0.688. The van der Waals surface area contributed by atoms with Gasteiger partial charge in [0.1, 0.15) is 18.1 Å². The third-order valence-corrected chi connectivity index (χ3v) is 4.33. The van der Waals surface area contributed by atoms with Crippen molar-refractivity contribution in [3.63, 3.8) is 0 Å². The van der Waals surface area contributed by atoms with Gasteiger partial charge in [0.15, 0.2) is 0 Å². The fraction of sp³-hybridized carbons (Fsp3) is 0.350. The van der Waals surface area contributed by atoms with Gasteiger partial charge in [0.05, 0.1) is 24.6 Å². The van der Waals surface area contributed by atoms with Crippen molar-refractivity contribution in [1.82, 2.24) is 4.98 Å². The average Bonchev–Trinajstić information content (AvgIpc) is 2.66. The van der Waals surface area contributed by atoms with Crippen molar-refractivity contribution in [1.29, 1.82) is 0 Å². The molecule has 26 heavy (non-hydrogen) atoms. The topological polar surface area (TPSA) is 31.4 Å². The number of halogens is 3. The lowest BCUT2D eigenvalue weighted by Crippen LogP contribution is -2.12. The van der Waals surface area contributed by atoms with Crippen molar-refractivity contribution in [3.05, 3.63) is 59.4 Å². The summed E-state index contributed by atoms with van der Waals surface area (Å²) in [5, 5.41) is 0. The molecule has 0 spiro atoms. The highest BCUT2D eigenvalue weighted by atomic mass is 19.4. The van der Waals surface area contributed by atoms with Crippen LogP contribution in [0.4, 0.5) is 13.2 Å². The Morgan fingerprint density at radius 1 is 1.08 bits per heavy atom. The summed E-state index contributed by atoms with van der Waals surface area (Å²) < 4.78 is 51.1. The Balaban J connectivity index is 1.80. The van der Waals surface area contributed by atoms with E-state index in [1.807, 2.05) is 6.08 Å². The number of methoxy groups -OCH3 is 1. The molecule has 3 nitrogen and oxygen atoms in total. The molecule has 0 radical (unpaired) electrons. The molecule has 0 N–H and O–H groups in total. The van der Waals surface area contributed by atoms with Crippen LogP contribution in [-0.2, 0) is 12.8 Å². The summed E-state index contributed by atoms with van der Waals surface area (Å²) in [6, 6.07) is 8.20. The first-order chi connectivity index (χ1) is 12.5. The average molecular weight is 363 g/mol. The Hall–Kier alpha value is -2.50. The predicted molar refractivity (Wildman–Crippen MR) is 93.0 cm³/mol. The van der Waals surface area contributed by atoms with Crippen LogP contribution in [0.5, 0.6) is 11.5 Å². The molecule has 0 amide bonds. The van der Waals surface area contributed by atoms with Gasteiger partial charge < -0.3 is 9.47 Å². The van der Waals surface area contributed by atoms with E-state index in [-0.39, 0.29) is 18.1 Å². The number of pyridine rings is 1. The molecule has 0 unspecified atom stereocenters. The Bertz CT molecular complexity index is 783. The molecule has 1 aliphatic rings.